The summed E-state index contributed by atoms with van der Waals surface area (Å²) in [5.74, 6) is 4.03. The van der Waals surface area contributed by atoms with E-state index in [0.29, 0.717) is 41.9 Å². The number of amides is 1. The predicted molar refractivity (Wildman–Crippen MR) is 181 cm³/mol. The molecule has 0 aromatic heterocycles. The van der Waals surface area contributed by atoms with Gasteiger partial charge in [0.25, 0.3) is 0 Å². The number of thioether (sulfide) groups is 1. The number of fused-ring (bicyclic) bond motifs is 5. The highest BCUT2D eigenvalue weighted by molar-refractivity contribution is 7.98. The highest BCUT2D eigenvalue weighted by Gasteiger charge is 2.61. The minimum atomic E-state index is -0.694. The van der Waals surface area contributed by atoms with E-state index in [9.17, 15) is 14.4 Å². The van der Waals surface area contributed by atoms with E-state index >= 15 is 0 Å². The maximum absolute atomic E-state index is 13.3. The minimum Gasteiger partial charge on any atom is -0.461 e. The van der Waals surface area contributed by atoms with Crippen LogP contribution in [-0.4, -0.2) is 53.4 Å². The van der Waals surface area contributed by atoms with Crippen molar-refractivity contribution in [1.82, 2.24) is 5.32 Å². The second-order valence-electron chi connectivity index (χ2n) is 17.5. The molecular weight excluding hydrogens is 586 g/mol. The standard InChI is InChI=1S/C37H63NO6S/c1-23(21-31(39)43-34(2,3)4)27-13-14-28-26-12-11-24-22-25(15-18-36(24,8)29(26)16-19-37(27,28)9)42-32(40)30(17-20-45-10)38-33(41)44-35(5,6)7/h23-30H,11-22H2,1-10H3,(H,38,41)/t23-,24?,25-,26?,27?,28?,29?,30+,36+,37-/m1/s1. The van der Waals surface area contributed by atoms with E-state index in [-0.39, 0.29) is 23.5 Å². The molecule has 4 aliphatic rings. The van der Waals surface area contributed by atoms with Gasteiger partial charge in [0.05, 0.1) is 0 Å². The van der Waals surface area contributed by atoms with E-state index in [4.69, 9.17) is 14.2 Å². The van der Waals surface area contributed by atoms with Gasteiger partial charge in [-0.25, -0.2) is 9.59 Å². The molecule has 4 saturated carbocycles. The van der Waals surface area contributed by atoms with Crippen LogP contribution in [-0.2, 0) is 23.8 Å². The Morgan fingerprint density at radius 1 is 0.867 bits per heavy atom. The van der Waals surface area contributed by atoms with Crippen molar-refractivity contribution >= 4 is 29.8 Å². The van der Waals surface area contributed by atoms with E-state index in [1.54, 1.807) is 11.8 Å². The number of carbonyl (C=O) groups excluding carboxylic acids is 3. The van der Waals surface area contributed by atoms with Crippen molar-refractivity contribution in [2.24, 2.45) is 46.3 Å². The fourth-order valence-corrected chi connectivity index (χ4v) is 10.7. The molecule has 258 valence electrons. The van der Waals surface area contributed by atoms with Gasteiger partial charge in [0.1, 0.15) is 23.3 Å². The van der Waals surface area contributed by atoms with E-state index in [2.05, 4.69) is 26.1 Å². The zero-order chi connectivity index (χ0) is 33.4. The van der Waals surface area contributed by atoms with E-state index in [0.717, 1.165) is 36.9 Å². The van der Waals surface area contributed by atoms with E-state index < -0.39 is 23.3 Å². The van der Waals surface area contributed by atoms with Gasteiger partial charge >= 0.3 is 18.0 Å². The minimum absolute atomic E-state index is 0.0580. The van der Waals surface area contributed by atoms with Crippen molar-refractivity contribution < 1.29 is 28.6 Å². The summed E-state index contributed by atoms with van der Waals surface area (Å²) in [5.41, 5.74) is -0.486. The quantitative estimate of drug-likeness (QED) is 0.198. The molecule has 0 bridgehead atoms. The topological polar surface area (TPSA) is 90.9 Å². The maximum atomic E-state index is 13.3. The van der Waals surface area contributed by atoms with Crippen molar-refractivity contribution in [1.29, 1.82) is 0 Å². The first-order valence-electron chi connectivity index (χ1n) is 17.8. The molecule has 45 heavy (non-hydrogen) atoms. The first-order valence-corrected chi connectivity index (χ1v) is 19.2. The Kier molecular flexibility index (Phi) is 11.3. The zero-order valence-corrected chi connectivity index (χ0v) is 30.8. The van der Waals surface area contributed by atoms with Crippen LogP contribution in [0.15, 0.2) is 0 Å². The molecule has 4 aliphatic carbocycles. The molecular formula is C37H63NO6S. The van der Waals surface area contributed by atoms with Crippen molar-refractivity contribution in [2.45, 2.75) is 156 Å². The second-order valence-corrected chi connectivity index (χ2v) is 18.5. The van der Waals surface area contributed by atoms with Gasteiger partial charge in [-0.3, -0.25) is 4.79 Å². The van der Waals surface area contributed by atoms with Crippen molar-refractivity contribution in [2.75, 3.05) is 12.0 Å². The first-order chi connectivity index (χ1) is 20.9. The van der Waals surface area contributed by atoms with E-state index in [1.165, 1.54) is 38.5 Å². The third-order valence-electron chi connectivity index (χ3n) is 12.2. The number of carbonyl (C=O) groups is 3. The van der Waals surface area contributed by atoms with Gasteiger partial charge in [-0.05, 0) is 164 Å². The number of alkyl carbamates (subject to hydrolysis) is 1. The van der Waals surface area contributed by atoms with E-state index in [1.807, 2.05) is 47.8 Å². The molecule has 0 heterocycles. The van der Waals surface area contributed by atoms with Crippen molar-refractivity contribution in [3.63, 3.8) is 0 Å². The zero-order valence-electron chi connectivity index (χ0n) is 30.0. The average Bonchev–Trinajstić information content (AvgIpc) is 3.26. The molecule has 4 fully saturated rings. The molecule has 10 atom stereocenters. The lowest BCUT2D eigenvalue weighted by atomic mass is 9.44. The van der Waals surface area contributed by atoms with Crippen LogP contribution in [0.25, 0.3) is 0 Å². The van der Waals surface area contributed by atoms with Crippen molar-refractivity contribution in [3.8, 4) is 0 Å². The number of rotatable bonds is 9. The van der Waals surface area contributed by atoms with Crippen molar-refractivity contribution in [3.05, 3.63) is 0 Å². The summed E-state index contributed by atoms with van der Waals surface area (Å²) in [4.78, 5) is 38.5. The van der Waals surface area contributed by atoms with Crippen LogP contribution in [0.4, 0.5) is 4.79 Å². The van der Waals surface area contributed by atoms with Crippen LogP contribution in [0.5, 0.6) is 0 Å². The number of hydrogen-bond acceptors (Lipinski definition) is 7. The van der Waals surface area contributed by atoms with Crippen LogP contribution in [0, 0.1) is 46.3 Å². The SMILES string of the molecule is CSCC[C@H](NC(=O)OC(C)(C)C)C(=O)O[C@@H]1CC[C@@]2(C)C(CCC3C2CC[C@@]2(C)C3CCC2[C@H](C)CC(=O)OC(C)(C)C)C1. The highest BCUT2D eigenvalue weighted by Crippen LogP contribution is 2.68. The Morgan fingerprint density at radius 2 is 1.51 bits per heavy atom. The number of esters is 2. The number of ether oxygens (including phenoxy) is 3. The predicted octanol–water partition coefficient (Wildman–Crippen LogP) is 8.57. The average molecular weight is 650 g/mol. The largest absolute Gasteiger partial charge is 0.461 e. The van der Waals surface area contributed by atoms with Gasteiger partial charge in [0.2, 0.25) is 0 Å². The summed E-state index contributed by atoms with van der Waals surface area (Å²) in [6.07, 6.45) is 12.7. The Hall–Kier alpha value is -1.44. The number of nitrogens with one attached hydrogen (secondary N) is 1. The Morgan fingerprint density at radius 3 is 2.16 bits per heavy atom. The van der Waals surface area contributed by atoms with Crippen LogP contribution in [0.3, 0.4) is 0 Å². The molecule has 8 heteroatoms. The van der Waals surface area contributed by atoms with Gasteiger partial charge in [-0.1, -0.05) is 20.8 Å². The van der Waals surface area contributed by atoms with Crippen LogP contribution < -0.4 is 5.32 Å². The lowest BCUT2D eigenvalue weighted by molar-refractivity contribution is -0.165. The lowest BCUT2D eigenvalue weighted by Gasteiger charge is -2.61. The molecule has 0 aromatic carbocycles. The smallest absolute Gasteiger partial charge is 0.408 e. The fourth-order valence-electron chi connectivity index (χ4n) is 10.3. The molecule has 5 unspecified atom stereocenters. The third kappa shape index (κ3) is 8.54. The second kappa shape index (κ2) is 14.0. The molecule has 1 N–H and O–H groups in total. The fraction of sp³-hybridized carbons (Fsp3) is 0.919. The van der Waals surface area contributed by atoms with Crippen LogP contribution >= 0.6 is 11.8 Å². The Balaban J connectivity index is 1.36. The molecule has 1 amide bonds. The summed E-state index contributed by atoms with van der Waals surface area (Å²) in [7, 11) is 0. The molecule has 0 aliphatic heterocycles. The molecule has 0 radical (unpaired) electrons. The summed E-state index contributed by atoms with van der Waals surface area (Å²) in [6, 6.07) is -0.694. The Bertz CT molecular complexity index is 1070. The summed E-state index contributed by atoms with van der Waals surface area (Å²) < 4.78 is 17.3. The van der Waals surface area contributed by atoms with Gasteiger partial charge in [0, 0.05) is 6.42 Å². The van der Waals surface area contributed by atoms with Crippen LogP contribution in [0.2, 0.25) is 0 Å². The maximum Gasteiger partial charge on any atom is 0.408 e. The highest BCUT2D eigenvalue weighted by atomic mass is 32.2. The summed E-state index contributed by atoms with van der Waals surface area (Å²) >= 11 is 1.65. The van der Waals surface area contributed by atoms with Gasteiger partial charge in [0.15, 0.2) is 0 Å². The summed E-state index contributed by atoms with van der Waals surface area (Å²) in [5, 5.41) is 2.78. The summed E-state index contributed by atoms with van der Waals surface area (Å²) in [6.45, 7) is 18.7. The number of hydrogen-bond donors (Lipinski definition) is 1. The van der Waals surface area contributed by atoms with Gasteiger partial charge in [-0.2, -0.15) is 11.8 Å². The van der Waals surface area contributed by atoms with Crippen LogP contribution in [0.1, 0.15) is 133 Å². The lowest BCUT2D eigenvalue weighted by Crippen LogP contribution is -2.54. The molecule has 4 rings (SSSR count). The molecule has 0 saturated heterocycles. The molecule has 7 nitrogen and oxygen atoms in total. The first kappa shape index (κ1) is 36.4. The molecule has 0 aromatic rings. The van der Waals surface area contributed by atoms with Gasteiger partial charge in [-0.15, -0.1) is 0 Å². The monoisotopic (exact) mass is 649 g/mol. The van der Waals surface area contributed by atoms with Gasteiger partial charge < -0.3 is 19.5 Å². The molecule has 0 spiro atoms. The third-order valence-corrected chi connectivity index (χ3v) is 12.8. The normalized spacial score (nSPS) is 36.0. The Labute approximate surface area is 277 Å².